The minimum Gasteiger partial charge on any atom is -0.481 e. The van der Waals surface area contributed by atoms with Crippen LogP contribution in [0.2, 0.25) is 0 Å². The third-order valence-electron chi connectivity index (χ3n) is 2.72. The monoisotopic (exact) mass is 300 g/mol. The summed E-state index contributed by atoms with van der Waals surface area (Å²) in [4.78, 5) is 21.6. The topological polar surface area (TPSA) is 78.4 Å². The molecular weight excluding hydrogens is 282 g/mol. The van der Waals surface area contributed by atoms with Crippen LogP contribution < -0.4 is 10.6 Å². The van der Waals surface area contributed by atoms with E-state index in [1.165, 1.54) is 12.1 Å². The van der Waals surface area contributed by atoms with E-state index in [0.29, 0.717) is 31.4 Å². The standard InChI is InChI=1S/C14H18F2N2O3/c15-11-7-10(8-12(16)9-11)4-6-18-14(21)17-5-2-1-3-13(19)20/h7-9H,1-6H2,(H,19,20)(H2,17,18,21). The van der Waals surface area contributed by atoms with E-state index in [4.69, 9.17) is 5.11 Å². The summed E-state index contributed by atoms with van der Waals surface area (Å²) in [7, 11) is 0. The third kappa shape index (κ3) is 7.86. The number of carbonyl (C=O) groups is 2. The summed E-state index contributed by atoms with van der Waals surface area (Å²) in [5.74, 6) is -2.15. The van der Waals surface area contributed by atoms with Gasteiger partial charge in [-0.3, -0.25) is 4.79 Å². The first kappa shape index (κ1) is 16.9. The molecule has 1 rings (SSSR count). The van der Waals surface area contributed by atoms with E-state index in [9.17, 15) is 18.4 Å². The molecule has 2 amide bonds. The minimum absolute atomic E-state index is 0.0778. The Morgan fingerprint density at radius 1 is 1.00 bits per heavy atom. The maximum absolute atomic E-state index is 12.9. The van der Waals surface area contributed by atoms with Crippen LogP contribution in [0.5, 0.6) is 0 Å². The highest BCUT2D eigenvalue weighted by molar-refractivity contribution is 5.73. The average molecular weight is 300 g/mol. The predicted octanol–water partition coefficient (Wildman–Crippen LogP) is 2.06. The lowest BCUT2D eigenvalue weighted by Crippen LogP contribution is -2.37. The van der Waals surface area contributed by atoms with Gasteiger partial charge in [-0.05, 0) is 37.0 Å². The smallest absolute Gasteiger partial charge is 0.314 e. The lowest BCUT2D eigenvalue weighted by Gasteiger charge is -2.07. The highest BCUT2D eigenvalue weighted by atomic mass is 19.1. The average Bonchev–Trinajstić information content (AvgIpc) is 2.36. The van der Waals surface area contributed by atoms with Gasteiger partial charge in [0.2, 0.25) is 0 Å². The van der Waals surface area contributed by atoms with Gasteiger partial charge in [-0.25, -0.2) is 13.6 Å². The number of carbonyl (C=O) groups excluding carboxylic acids is 1. The highest BCUT2D eigenvalue weighted by Crippen LogP contribution is 2.07. The SMILES string of the molecule is O=C(O)CCCCNC(=O)NCCc1cc(F)cc(F)c1. The fraction of sp³-hybridized carbons (Fsp3) is 0.429. The lowest BCUT2D eigenvalue weighted by molar-refractivity contribution is -0.137. The molecule has 0 radical (unpaired) electrons. The van der Waals surface area contributed by atoms with Gasteiger partial charge in [0.1, 0.15) is 11.6 Å². The Hall–Kier alpha value is -2.18. The van der Waals surface area contributed by atoms with Crippen molar-refractivity contribution >= 4 is 12.0 Å². The molecule has 0 spiro atoms. The van der Waals surface area contributed by atoms with Gasteiger partial charge in [0.25, 0.3) is 0 Å². The quantitative estimate of drug-likeness (QED) is 0.643. The Labute approximate surface area is 121 Å². The van der Waals surface area contributed by atoms with Gasteiger partial charge in [0.15, 0.2) is 0 Å². The van der Waals surface area contributed by atoms with Crippen LogP contribution in [0.15, 0.2) is 18.2 Å². The van der Waals surface area contributed by atoms with Gasteiger partial charge in [-0.15, -0.1) is 0 Å². The summed E-state index contributed by atoms with van der Waals surface area (Å²) in [6.45, 7) is 0.636. The Kier molecular flexibility index (Phi) is 7.14. The van der Waals surface area contributed by atoms with Crippen LogP contribution in [0.3, 0.4) is 0 Å². The number of halogens is 2. The van der Waals surface area contributed by atoms with Crippen molar-refractivity contribution < 1.29 is 23.5 Å². The summed E-state index contributed by atoms with van der Waals surface area (Å²) < 4.78 is 25.9. The van der Waals surface area contributed by atoms with Crippen molar-refractivity contribution in [2.45, 2.75) is 25.7 Å². The molecule has 0 saturated heterocycles. The molecule has 0 saturated carbocycles. The fourth-order valence-corrected chi connectivity index (χ4v) is 1.74. The lowest BCUT2D eigenvalue weighted by atomic mass is 10.1. The van der Waals surface area contributed by atoms with Crippen LogP contribution in [0.4, 0.5) is 13.6 Å². The van der Waals surface area contributed by atoms with E-state index < -0.39 is 17.6 Å². The molecule has 5 nitrogen and oxygen atoms in total. The molecule has 0 heterocycles. The van der Waals surface area contributed by atoms with Crippen molar-refractivity contribution in [1.82, 2.24) is 10.6 Å². The largest absolute Gasteiger partial charge is 0.481 e. The molecule has 21 heavy (non-hydrogen) atoms. The summed E-state index contributed by atoms with van der Waals surface area (Å²) >= 11 is 0. The zero-order valence-corrected chi connectivity index (χ0v) is 11.5. The number of hydrogen-bond acceptors (Lipinski definition) is 2. The molecule has 7 heteroatoms. The molecule has 0 aliphatic rings. The summed E-state index contributed by atoms with van der Waals surface area (Å²) in [5, 5.41) is 13.6. The second-order valence-electron chi connectivity index (χ2n) is 4.56. The van der Waals surface area contributed by atoms with E-state index in [1.54, 1.807) is 0 Å². The first-order valence-corrected chi connectivity index (χ1v) is 6.66. The normalized spacial score (nSPS) is 10.2. The molecule has 1 aromatic carbocycles. The second-order valence-corrected chi connectivity index (χ2v) is 4.56. The number of urea groups is 1. The van der Waals surface area contributed by atoms with E-state index in [1.807, 2.05) is 0 Å². The molecule has 0 aliphatic heterocycles. The number of carboxylic acid groups (broad SMARTS) is 1. The van der Waals surface area contributed by atoms with Crippen molar-refractivity contribution in [1.29, 1.82) is 0 Å². The number of aliphatic carboxylic acids is 1. The zero-order valence-electron chi connectivity index (χ0n) is 11.5. The number of nitrogens with one attached hydrogen (secondary N) is 2. The van der Waals surface area contributed by atoms with Crippen LogP contribution in [-0.2, 0) is 11.2 Å². The van der Waals surface area contributed by atoms with Crippen LogP contribution in [0.25, 0.3) is 0 Å². The van der Waals surface area contributed by atoms with Crippen LogP contribution in [0.1, 0.15) is 24.8 Å². The van der Waals surface area contributed by atoms with E-state index in [-0.39, 0.29) is 19.0 Å². The molecule has 1 aromatic rings. The van der Waals surface area contributed by atoms with Crippen molar-refractivity contribution in [2.24, 2.45) is 0 Å². The van der Waals surface area contributed by atoms with E-state index in [0.717, 1.165) is 6.07 Å². The maximum atomic E-state index is 12.9. The second kappa shape index (κ2) is 8.89. The van der Waals surface area contributed by atoms with Gasteiger partial charge in [-0.2, -0.15) is 0 Å². The van der Waals surface area contributed by atoms with Crippen molar-refractivity contribution in [3.05, 3.63) is 35.4 Å². The first-order chi connectivity index (χ1) is 9.97. The molecule has 0 unspecified atom stereocenters. The Morgan fingerprint density at radius 3 is 2.24 bits per heavy atom. The number of carboxylic acids is 1. The third-order valence-corrected chi connectivity index (χ3v) is 2.72. The van der Waals surface area contributed by atoms with Crippen LogP contribution in [0, 0.1) is 11.6 Å². The molecule has 0 atom stereocenters. The Bertz CT molecular complexity index is 475. The van der Waals surface area contributed by atoms with Crippen LogP contribution >= 0.6 is 0 Å². The van der Waals surface area contributed by atoms with Gasteiger partial charge in [0.05, 0.1) is 0 Å². The summed E-state index contributed by atoms with van der Waals surface area (Å²) in [6.07, 6.45) is 1.47. The number of amides is 2. The number of unbranched alkanes of at least 4 members (excludes halogenated alkanes) is 1. The van der Waals surface area contributed by atoms with Gasteiger partial charge in [-0.1, -0.05) is 0 Å². The Balaban J connectivity index is 2.14. The molecule has 0 fully saturated rings. The number of rotatable bonds is 8. The summed E-state index contributed by atoms with van der Waals surface area (Å²) in [5.41, 5.74) is 0.467. The number of hydrogen-bond donors (Lipinski definition) is 3. The van der Waals surface area contributed by atoms with Gasteiger partial charge in [0, 0.05) is 25.6 Å². The molecule has 0 aromatic heterocycles. The van der Waals surface area contributed by atoms with E-state index in [2.05, 4.69) is 10.6 Å². The Morgan fingerprint density at radius 2 is 1.62 bits per heavy atom. The molecular formula is C14H18F2N2O3. The predicted molar refractivity (Wildman–Crippen MR) is 73.0 cm³/mol. The fourth-order valence-electron chi connectivity index (χ4n) is 1.74. The van der Waals surface area contributed by atoms with Gasteiger partial charge >= 0.3 is 12.0 Å². The van der Waals surface area contributed by atoms with Crippen LogP contribution in [-0.4, -0.2) is 30.2 Å². The molecule has 116 valence electrons. The van der Waals surface area contributed by atoms with E-state index >= 15 is 0 Å². The maximum Gasteiger partial charge on any atom is 0.314 e. The molecule has 0 aliphatic carbocycles. The summed E-state index contributed by atoms with van der Waals surface area (Å²) in [6, 6.07) is 2.84. The minimum atomic E-state index is -0.859. The molecule has 3 N–H and O–H groups in total. The first-order valence-electron chi connectivity index (χ1n) is 6.66. The van der Waals surface area contributed by atoms with Crippen molar-refractivity contribution in [3.8, 4) is 0 Å². The zero-order chi connectivity index (χ0) is 15.7. The van der Waals surface area contributed by atoms with Crippen molar-refractivity contribution in [2.75, 3.05) is 13.1 Å². The number of benzene rings is 1. The molecule has 0 bridgehead atoms. The highest BCUT2D eigenvalue weighted by Gasteiger charge is 2.03. The van der Waals surface area contributed by atoms with Crippen molar-refractivity contribution in [3.63, 3.8) is 0 Å². The van der Waals surface area contributed by atoms with Gasteiger partial charge < -0.3 is 15.7 Å².